The molecule has 1 N–H and O–H groups in total. The van der Waals surface area contributed by atoms with E-state index in [0.29, 0.717) is 48.3 Å². The van der Waals surface area contributed by atoms with Gasteiger partial charge in [0, 0.05) is 23.2 Å². The van der Waals surface area contributed by atoms with Crippen LogP contribution in [0.15, 0.2) is 67.2 Å². The van der Waals surface area contributed by atoms with Crippen LogP contribution < -0.4 is 11.3 Å². The third-order valence-corrected chi connectivity index (χ3v) is 7.90. The molecule has 0 radical (unpaired) electrons. The van der Waals surface area contributed by atoms with Crippen LogP contribution in [0.2, 0.25) is 0 Å². The Bertz CT molecular complexity index is 1810. The molecule has 0 unspecified atom stereocenters. The Labute approximate surface area is 248 Å². The standard InChI is InChI=1S/C32H35N7O4/c1-3-9-28-33-21(2)26(18-29-34-27(36-42-29)20-38-16-7-4-8-17-38)31(40)39(28)19-22-12-14-23(15-13-22)24-10-5-6-11-25(24)30-35-32(41)43-37-30/h5-6,10-15H,3-4,7-9,16-20H2,1-2H3,(H,35,37,41). The SMILES string of the molecule is CCCc1nc(C)c(Cc2nc(CN3CCCCC3)no2)c(=O)n1Cc1ccc(-c2ccccc2-c2noc(=O)[nH]2)cc1. The molecule has 0 bridgehead atoms. The molecule has 222 valence electrons. The van der Waals surface area contributed by atoms with Crippen molar-refractivity contribution in [1.82, 2.24) is 34.7 Å². The van der Waals surface area contributed by atoms with Crippen LogP contribution in [-0.2, 0) is 25.9 Å². The van der Waals surface area contributed by atoms with E-state index in [4.69, 9.17) is 14.0 Å². The summed E-state index contributed by atoms with van der Waals surface area (Å²) >= 11 is 0. The summed E-state index contributed by atoms with van der Waals surface area (Å²) in [5.74, 6) is 1.62. The number of hydrogen-bond acceptors (Lipinski definition) is 9. The summed E-state index contributed by atoms with van der Waals surface area (Å²) in [5, 5.41) is 8.03. The van der Waals surface area contributed by atoms with Crippen molar-refractivity contribution in [2.75, 3.05) is 13.1 Å². The molecule has 11 heteroatoms. The highest BCUT2D eigenvalue weighted by molar-refractivity contribution is 5.80. The summed E-state index contributed by atoms with van der Waals surface area (Å²) in [6.07, 6.45) is 5.47. The number of benzene rings is 2. The van der Waals surface area contributed by atoms with E-state index < -0.39 is 5.76 Å². The highest BCUT2D eigenvalue weighted by Gasteiger charge is 2.19. The molecule has 0 saturated carbocycles. The van der Waals surface area contributed by atoms with Crippen molar-refractivity contribution in [2.24, 2.45) is 0 Å². The minimum atomic E-state index is -0.600. The van der Waals surface area contributed by atoms with Crippen molar-refractivity contribution in [3.8, 4) is 22.5 Å². The van der Waals surface area contributed by atoms with Gasteiger partial charge in [-0.3, -0.25) is 23.8 Å². The van der Waals surface area contributed by atoms with Crippen LogP contribution in [0, 0.1) is 6.92 Å². The average Bonchev–Trinajstić information content (AvgIpc) is 3.66. The molecule has 4 heterocycles. The predicted octanol–water partition coefficient (Wildman–Crippen LogP) is 4.52. The van der Waals surface area contributed by atoms with Crippen molar-refractivity contribution in [1.29, 1.82) is 0 Å². The Balaban J connectivity index is 1.25. The highest BCUT2D eigenvalue weighted by atomic mass is 16.5. The van der Waals surface area contributed by atoms with E-state index in [2.05, 4.69) is 32.1 Å². The maximum Gasteiger partial charge on any atom is 0.439 e. The van der Waals surface area contributed by atoms with E-state index in [-0.39, 0.29) is 12.0 Å². The molecule has 1 aliphatic heterocycles. The highest BCUT2D eigenvalue weighted by Crippen LogP contribution is 2.30. The van der Waals surface area contributed by atoms with Crippen LogP contribution in [0.25, 0.3) is 22.5 Å². The van der Waals surface area contributed by atoms with Crippen molar-refractivity contribution in [3.05, 3.63) is 104 Å². The molecule has 1 fully saturated rings. The first-order valence-electron chi connectivity index (χ1n) is 14.9. The smallest absolute Gasteiger partial charge is 0.339 e. The number of hydrogen-bond donors (Lipinski definition) is 1. The molecular weight excluding hydrogens is 546 g/mol. The molecule has 5 aromatic rings. The summed E-state index contributed by atoms with van der Waals surface area (Å²) in [6, 6.07) is 15.7. The van der Waals surface area contributed by atoms with Crippen molar-refractivity contribution >= 4 is 0 Å². The zero-order valence-electron chi connectivity index (χ0n) is 24.5. The molecule has 3 aromatic heterocycles. The Hall–Kier alpha value is -4.64. The number of nitrogens with one attached hydrogen (secondary N) is 1. The molecule has 0 aliphatic carbocycles. The van der Waals surface area contributed by atoms with Gasteiger partial charge < -0.3 is 4.52 Å². The van der Waals surface area contributed by atoms with Gasteiger partial charge in [-0.05, 0) is 56.0 Å². The molecule has 2 aromatic carbocycles. The zero-order chi connectivity index (χ0) is 29.8. The lowest BCUT2D eigenvalue weighted by molar-refractivity contribution is 0.213. The van der Waals surface area contributed by atoms with Crippen LogP contribution in [0.4, 0.5) is 0 Å². The summed E-state index contributed by atoms with van der Waals surface area (Å²) in [4.78, 5) is 39.8. The normalized spacial score (nSPS) is 13.9. The summed E-state index contributed by atoms with van der Waals surface area (Å²) in [5.41, 5.74) is 4.75. The van der Waals surface area contributed by atoms with E-state index in [9.17, 15) is 9.59 Å². The van der Waals surface area contributed by atoms with Crippen LogP contribution in [0.3, 0.4) is 0 Å². The van der Waals surface area contributed by atoms with Gasteiger partial charge in [-0.15, -0.1) is 0 Å². The van der Waals surface area contributed by atoms with Gasteiger partial charge >= 0.3 is 5.76 Å². The number of rotatable bonds is 10. The molecule has 0 spiro atoms. The van der Waals surface area contributed by atoms with Crippen molar-refractivity contribution in [2.45, 2.75) is 65.5 Å². The molecule has 0 atom stereocenters. The summed E-state index contributed by atoms with van der Waals surface area (Å²) in [6.45, 7) is 7.10. The summed E-state index contributed by atoms with van der Waals surface area (Å²) in [7, 11) is 0. The number of piperidine rings is 1. The number of likely N-dealkylation sites (tertiary alicyclic amines) is 1. The van der Waals surface area contributed by atoms with Gasteiger partial charge in [0.05, 0.1) is 19.5 Å². The minimum absolute atomic E-state index is 0.0869. The first kappa shape index (κ1) is 28.5. The van der Waals surface area contributed by atoms with E-state index in [1.807, 2.05) is 55.5 Å². The van der Waals surface area contributed by atoms with Gasteiger partial charge in [0.1, 0.15) is 5.82 Å². The monoisotopic (exact) mass is 581 g/mol. The lowest BCUT2D eigenvalue weighted by Gasteiger charge is -2.24. The molecule has 43 heavy (non-hydrogen) atoms. The molecular formula is C32H35N7O4. The molecule has 6 rings (SSSR count). The second-order valence-corrected chi connectivity index (χ2v) is 11.0. The number of aromatic amines is 1. The average molecular weight is 582 g/mol. The van der Waals surface area contributed by atoms with E-state index in [0.717, 1.165) is 47.6 Å². The number of aromatic nitrogens is 6. The van der Waals surface area contributed by atoms with Gasteiger partial charge in [0.15, 0.2) is 11.6 Å². The van der Waals surface area contributed by atoms with Crippen LogP contribution >= 0.6 is 0 Å². The van der Waals surface area contributed by atoms with Gasteiger partial charge in [-0.2, -0.15) is 4.98 Å². The fraction of sp³-hybridized carbons (Fsp3) is 0.375. The predicted molar refractivity (Wildman–Crippen MR) is 161 cm³/mol. The second-order valence-electron chi connectivity index (χ2n) is 11.0. The topological polar surface area (TPSA) is 136 Å². The van der Waals surface area contributed by atoms with Crippen LogP contribution in [0.5, 0.6) is 0 Å². The van der Waals surface area contributed by atoms with Crippen molar-refractivity contribution in [3.63, 3.8) is 0 Å². The van der Waals surface area contributed by atoms with E-state index in [1.165, 1.54) is 19.3 Å². The maximum absolute atomic E-state index is 13.9. The van der Waals surface area contributed by atoms with Crippen LogP contribution in [0.1, 0.15) is 67.0 Å². The molecule has 0 amide bonds. The van der Waals surface area contributed by atoms with Gasteiger partial charge in [0.25, 0.3) is 5.56 Å². The second kappa shape index (κ2) is 12.7. The summed E-state index contributed by atoms with van der Waals surface area (Å²) < 4.78 is 12.0. The number of H-pyrrole nitrogens is 1. The lowest BCUT2D eigenvalue weighted by atomic mass is 9.98. The zero-order valence-corrected chi connectivity index (χ0v) is 24.5. The molecule has 1 saturated heterocycles. The Morgan fingerprint density at radius 3 is 2.37 bits per heavy atom. The van der Waals surface area contributed by atoms with Gasteiger partial charge in [-0.1, -0.05) is 72.2 Å². The van der Waals surface area contributed by atoms with E-state index >= 15 is 0 Å². The third-order valence-electron chi connectivity index (χ3n) is 7.90. The molecule has 1 aliphatic rings. The largest absolute Gasteiger partial charge is 0.439 e. The number of nitrogens with zero attached hydrogens (tertiary/aromatic N) is 6. The van der Waals surface area contributed by atoms with Crippen LogP contribution in [-0.4, -0.2) is 47.8 Å². The Morgan fingerprint density at radius 1 is 0.884 bits per heavy atom. The quantitative estimate of drug-likeness (QED) is 0.252. The fourth-order valence-electron chi connectivity index (χ4n) is 5.69. The van der Waals surface area contributed by atoms with Gasteiger partial charge in [0.2, 0.25) is 5.89 Å². The Kier molecular flexibility index (Phi) is 8.41. The van der Waals surface area contributed by atoms with E-state index in [1.54, 1.807) is 4.57 Å². The lowest BCUT2D eigenvalue weighted by Crippen LogP contribution is -2.30. The molecule has 11 nitrogen and oxygen atoms in total. The minimum Gasteiger partial charge on any atom is -0.339 e. The van der Waals surface area contributed by atoms with Crippen molar-refractivity contribution < 1.29 is 9.05 Å². The van der Waals surface area contributed by atoms with Gasteiger partial charge in [-0.25, -0.2) is 9.78 Å². The maximum atomic E-state index is 13.9. The Morgan fingerprint density at radius 2 is 1.65 bits per heavy atom. The third kappa shape index (κ3) is 6.41. The first-order chi connectivity index (χ1) is 21.0. The number of aryl methyl sites for hydroxylation is 2. The fourth-order valence-corrected chi connectivity index (χ4v) is 5.69. The first-order valence-corrected chi connectivity index (χ1v) is 14.9.